The van der Waals surface area contributed by atoms with E-state index in [2.05, 4.69) is 24.3 Å². The van der Waals surface area contributed by atoms with E-state index in [9.17, 15) is 4.79 Å². The van der Waals surface area contributed by atoms with Crippen molar-refractivity contribution in [1.29, 1.82) is 0 Å². The van der Waals surface area contributed by atoms with E-state index >= 15 is 0 Å². The van der Waals surface area contributed by atoms with Gasteiger partial charge in [-0.25, -0.2) is 4.79 Å². The van der Waals surface area contributed by atoms with Crippen LogP contribution in [-0.4, -0.2) is 144 Å². The summed E-state index contributed by atoms with van der Waals surface area (Å²) >= 11 is 0. The van der Waals surface area contributed by atoms with Crippen molar-refractivity contribution >= 4 is 6.09 Å². The van der Waals surface area contributed by atoms with E-state index in [1.165, 1.54) is 27.2 Å². The second kappa shape index (κ2) is 27.2. The molecule has 0 bridgehead atoms. The van der Waals surface area contributed by atoms with Crippen LogP contribution in [0, 0.1) is 0 Å². The summed E-state index contributed by atoms with van der Waals surface area (Å²) in [6.45, 7) is 9.70. The number of fused-ring (bicyclic) bond motifs is 3. The Hall–Kier alpha value is -3.43. The van der Waals surface area contributed by atoms with Crippen molar-refractivity contribution < 1.29 is 52.2 Å². The Labute approximate surface area is 314 Å². The lowest BCUT2D eigenvalue weighted by atomic mass is 9.98. The number of amides is 1. The van der Waals surface area contributed by atoms with E-state index in [4.69, 9.17) is 47.4 Å². The van der Waals surface area contributed by atoms with Gasteiger partial charge in [-0.3, -0.25) is 0 Å². The van der Waals surface area contributed by atoms with Crippen LogP contribution in [0.15, 0.2) is 78.9 Å². The topological polar surface area (TPSA) is 113 Å². The van der Waals surface area contributed by atoms with Gasteiger partial charge in [0.1, 0.15) is 6.61 Å². The molecule has 12 heteroatoms. The van der Waals surface area contributed by atoms with Crippen molar-refractivity contribution in [2.24, 2.45) is 0 Å². The molecule has 0 N–H and O–H groups in total. The molecular formula is C41H57NO11. The summed E-state index contributed by atoms with van der Waals surface area (Å²) in [6.07, 6.45) is -0.362. The van der Waals surface area contributed by atoms with Gasteiger partial charge in [0.15, 0.2) is 0 Å². The maximum atomic E-state index is 12.6. The van der Waals surface area contributed by atoms with Gasteiger partial charge >= 0.3 is 6.09 Å². The zero-order valence-corrected chi connectivity index (χ0v) is 31.2. The number of carbonyl (C=O) groups excluding carboxylic acids is 1. The molecule has 292 valence electrons. The summed E-state index contributed by atoms with van der Waals surface area (Å²) in [5.74, 6) is 0.0402. The van der Waals surface area contributed by atoms with Crippen LogP contribution in [0.1, 0.15) is 22.6 Å². The van der Waals surface area contributed by atoms with Crippen molar-refractivity contribution in [1.82, 2.24) is 4.90 Å². The Morgan fingerprint density at radius 3 is 1.26 bits per heavy atom. The van der Waals surface area contributed by atoms with E-state index in [1.807, 2.05) is 54.6 Å². The van der Waals surface area contributed by atoms with E-state index < -0.39 is 0 Å². The summed E-state index contributed by atoms with van der Waals surface area (Å²) in [7, 11) is 1.72. The first kappa shape index (κ1) is 42.3. The number of hydrogen-bond acceptors (Lipinski definition) is 11. The van der Waals surface area contributed by atoms with E-state index in [-0.39, 0.29) is 12.0 Å². The molecule has 0 aliphatic heterocycles. The minimum Gasteiger partial charge on any atom is -0.448 e. The minimum atomic E-state index is -0.362. The number of likely N-dealkylation sites (N-methyl/N-ethyl adjacent to an activating group) is 1. The highest BCUT2D eigenvalue weighted by Crippen LogP contribution is 2.44. The fourth-order valence-electron chi connectivity index (χ4n) is 5.52. The fraction of sp³-hybridized carbons (Fsp3) is 0.537. The first-order valence-corrected chi connectivity index (χ1v) is 18.5. The Morgan fingerprint density at radius 2 is 0.830 bits per heavy atom. The summed E-state index contributed by atoms with van der Waals surface area (Å²) in [6, 6.07) is 26.7. The molecule has 0 atom stereocenters. The Bertz CT molecular complexity index is 1330. The van der Waals surface area contributed by atoms with Gasteiger partial charge in [0.05, 0.1) is 119 Å². The molecule has 0 spiro atoms. The summed E-state index contributed by atoms with van der Waals surface area (Å²) in [5, 5.41) is 0. The molecule has 4 rings (SSSR count). The first-order chi connectivity index (χ1) is 26.2. The van der Waals surface area contributed by atoms with Crippen LogP contribution in [0.25, 0.3) is 11.1 Å². The van der Waals surface area contributed by atoms with Crippen molar-refractivity contribution in [2.45, 2.75) is 12.5 Å². The van der Waals surface area contributed by atoms with E-state index in [0.29, 0.717) is 132 Å². The summed E-state index contributed by atoms with van der Waals surface area (Å²) < 4.78 is 55.5. The minimum absolute atomic E-state index is 0.0402. The van der Waals surface area contributed by atoms with Gasteiger partial charge in [-0.1, -0.05) is 78.9 Å². The third-order valence-corrected chi connectivity index (χ3v) is 8.31. The number of hydrogen-bond donors (Lipinski definition) is 0. The molecule has 0 aromatic heterocycles. The van der Waals surface area contributed by atoms with Crippen LogP contribution in [0.2, 0.25) is 0 Å². The standard InChI is InChI=1S/C41H57NO11/c1-42(41(43)53-34-40-38-13-7-5-11-36(38)37-12-6-8-14-39(37)40)15-16-44-17-18-45-19-20-46-21-22-47-23-24-48-25-26-49-27-28-50-29-30-51-31-32-52-33-35-9-3-2-4-10-35/h2-14,40H,15-34H2,1H3. The molecule has 53 heavy (non-hydrogen) atoms. The van der Waals surface area contributed by atoms with Crippen molar-refractivity contribution in [3.05, 3.63) is 95.6 Å². The lowest BCUT2D eigenvalue weighted by molar-refractivity contribution is -0.0255. The predicted octanol–water partition coefficient (Wildman–Crippen LogP) is 5.22. The van der Waals surface area contributed by atoms with Gasteiger partial charge < -0.3 is 52.3 Å². The van der Waals surface area contributed by atoms with Crippen LogP contribution < -0.4 is 0 Å². The van der Waals surface area contributed by atoms with E-state index in [1.54, 1.807) is 7.05 Å². The van der Waals surface area contributed by atoms with Crippen LogP contribution >= 0.6 is 0 Å². The van der Waals surface area contributed by atoms with Crippen LogP contribution in [0.4, 0.5) is 4.79 Å². The monoisotopic (exact) mass is 739 g/mol. The second-order valence-corrected chi connectivity index (χ2v) is 12.2. The summed E-state index contributed by atoms with van der Waals surface area (Å²) in [5.41, 5.74) is 5.96. The van der Waals surface area contributed by atoms with Gasteiger partial charge in [-0.05, 0) is 27.8 Å². The third kappa shape index (κ3) is 17.1. The van der Waals surface area contributed by atoms with Crippen LogP contribution in [0.3, 0.4) is 0 Å². The van der Waals surface area contributed by atoms with Gasteiger partial charge in [0.25, 0.3) is 0 Å². The lowest BCUT2D eigenvalue weighted by Crippen LogP contribution is -2.32. The van der Waals surface area contributed by atoms with Crippen LogP contribution in [0.5, 0.6) is 0 Å². The van der Waals surface area contributed by atoms with Gasteiger partial charge in [0.2, 0.25) is 0 Å². The number of ether oxygens (including phenoxy) is 10. The third-order valence-electron chi connectivity index (χ3n) is 8.31. The Balaban J connectivity index is 0.821. The normalized spacial score (nSPS) is 12.2. The molecule has 1 amide bonds. The number of benzene rings is 3. The van der Waals surface area contributed by atoms with E-state index in [0.717, 1.165) is 5.56 Å². The average Bonchev–Trinajstić information content (AvgIpc) is 3.51. The van der Waals surface area contributed by atoms with Gasteiger partial charge in [0, 0.05) is 19.5 Å². The smallest absolute Gasteiger partial charge is 0.409 e. The summed E-state index contributed by atoms with van der Waals surface area (Å²) in [4.78, 5) is 14.1. The Morgan fingerprint density at radius 1 is 0.472 bits per heavy atom. The first-order valence-electron chi connectivity index (χ1n) is 18.5. The van der Waals surface area contributed by atoms with Crippen LogP contribution in [-0.2, 0) is 54.0 Å². The highest BCUT2D eigenvalue weighted by atomic mass is 16.6. The molecule has 0 unspecified atom stereocenters. The average molecular weight is 740 g/mol. The molecule has 0 saturated carbocycles. The zero-order valence-electron chi connectivity index (χ0n) is 31.2. The highest BCUT2D eigenvalue weighted by molar-refractivity contribution is 5.79. The van der Waals surface area contributed by atoms with Gasteiger partial charge in [-0.15, -0.1) is 0 Å². The molecule has 1 aliphatic carbocycles. The molecule has 12 nitrogen and oxygen atoms in total. The largest absolute Gasteiger partial charge is 0.448 e. The SMILES string of the molecule is CN(CCOCCOCCOCCOCCOCCOCCOCCOCCOCc1ccccc1)C(=O)OCC1c2ccccc2-c2ccccc21. The Kier molecular flexibility index (Phi) is 21.7. The van der Waals surface area contributed by atoms with Crippen molar-refractivity contribution in [2.75, 3.05) is 133 Å². The molecule has 0 radical (unpaired) electrons. The fourth-order valence-corrected chi connectivity index (χ4v) is 5.52. The van der Waals surface area contributed by atoms with Gasteiger partial charge in [-0.2, -0.15) is 0 Å². The quantitative estimate of drug-likeness (QED) is 0.0811. The maximum Gasteiger partial charge on any atom is 0.409 e. The molecule has 0 heterocycles. The molecule has 1 aliphatic rings. The molecule has 3 aromatic rings. The predicted molar refractivity (Wildman–Crippen MR) is 200 cm³/mol. The number of rotatable bonds is 31. The number of carbonyl (C=O) groups is 1. The van der Waals surface area contributed by atoms with Crippen molar-refractivity contribution in [3.8, 4) is 11.1 Å². The molecular weight excluding hydrogens is 682 g/mol. The molecule has 0 fully saturated rings. The molecule has 3 aromatic carbocycles. The maximum absolute atomic E-state index is 12.6. The van der Waals surface area contributed by atoms with Crippen molar-refractivity contribution in [3.63, 3.8) is 0 Å². The molecule has 0 saturated heterocycles. The number of nitrogens with zero attached hydrogens (tertiary/aromatic N) is 1. The lowest BCUT2D eigenvalue weighted by Gasteiger charge is -2.19. The highest BCUT2D eigenvalue weighted by Gasteiger charge is 2.29. The zero-order chi connectivity index (χ0) is 37.0. The second-order valence-electron chi connectivity index (χ2n) is 12.2.